The zero-order valence-electron chi connectivity index (χ0n) is 9.75. The Morgan fingerprint density at radius 1 is 1.26 bits per heavy atom. The minimum Gasteiger partial charge on any atom is -0.481 e. The van der Waals surface area contributed by atoms with E-state index < -0.39 is 5.97 Å². The van der Waals surface area contributed by atoms with Gasteiger partial charge in [0.05, 0.1) is 5.75 Å². The lowest BCUT2D eigenvalue weighted by molar-refractivity contribution is -0.133. The Hall–Kier alpha value is -1.17. The summed E-state index contributed by atoms with van der Waals surface area (Å²) in [6.45, 7) is 0. The Balaban J connectivity index is 2.15. The molecule has 0 aliphatic carbocycles. The van der Waals surface area contributed by atoms with Crippen LogP contribution in [0.3, 0.4) is 0 Å². The molecule has 6 heteroatoms. The number of thioether (sulfide) groups is 1. The maximum absolute atomic E-state index is 10.6. The van der Waals surface area contributed by atoms with Crippen LogP contribution >= 0.6 is 35.1 Å². The monoisotopic (exact) mass is 311 g/mol. The average Bonchev–Trinajstić information content (AvgIpc) is 2.40. The molecule has 0 bridgehead atoms. The Labute approximate surface area is 124 Å². The van der Waals surface area contributed by atoms with Crippen LogP contribution < -0.4 is 0 Å². The zero-order valence-corrected chi connectivity index (χ0v) is 12.1. The number of aromatic nitrogens is 1. The van der Waals surface area contributed by atoms with Crippen LogP contribution in [0.15, 0.2) is 57.4 Å². The van der Waals surface area contributed by atoms with Gasteiger partial charge < -0.3 is 5.11 Å². The van der Waals surface area contributed by atoms with Gasteiger partial charge in [0.1, 0.15) is 5.03 Å². The third-order valence-corrected chi connectivity index (χ3v) is 4.56. The van der Waals surface area contributed by atoms with Crippen molar-refractivity contribution in [3.05, 3.63) is 47.6 Å². The summed E-state index contributed by atoms with van der Waals surface area (Å²) < 4.78 is 0. The van der Waals surface area contributed by atoms with Crippen LogP contribution in [0.1, 0.15) is 0 Å². The van der Waals surface area contributed by atoms with E-state index in [1.54, 1.807) is 12.3 Å². The first-order valence-electron chi connectivity index (χ1n) is 5.38. The second kappa shape index (κ2) is 6.84. The molecule has 0 amide bonds. The van der Waals surface area contributed by atoms with Crippen molar-refractivity contribution >= 4 is 41.1 Å². The van der Waals surface area contributed by atoms with Gasteiger partial charge in [-0.15, -0.1) is 11.8 Å². The summed E-state index contributed by atoms with van der Waals surface area (Å²) in [6, 6.07) is 11.1. The van der Waals surface area contributed by atoms with Gasteiger partial charge in [-0.25, -0.2) is 4.98 Å². The summed E-state index contributed by atoms with van der Waals surface area (Å²) >= 11 is 8.60. The normalized spacial score (nSPS) is 10.4. The molecule has 0 saturated carbocycles. The molecular weight excluding hydrogens is 302 g/mol. The number of hydrogen-bond acceptors (Lipinski definition) is 4. The van der Waals surface area contributed by atoms with Crippen molar-refractivity contribution < 1.29 is 9.90 Å². The summed E-state index contributed by atoms with van der Waals surface area (Å²) in [5.74, 6) is -0.809. The van der Waals surface area contributed by atoms with Crippen molar-refractivity contribution in [1.29, 1.82) is 0 Å². The van der Waals surface area contributed by atoms with Crippen LogP contribution in [-0.2, 0) is 4.79 Å². The van der Waals surface area contributed by atoms with Crippen molar-refractivity contribution in [1.82, 2.24) is 4.98 Å². The standard InChI is InChI=1S/C13H10ClNO2S2/c14-9-3-5-10(6-4-9)19-13-11(2-1-7-15-13)18-8-12(16)17/h1-7H,8H2,(H,16,17). The molecule has 0 aliphatic heterocycles. The third-order valence-electron chi connectivity index (χ3n) is 2.12. The predicted molar refractivity (Wildman–Crippen MR) is 78.2 cm³/mol. The molecule has 1 aromatic heterocycles. The predicted octanol–water partition coefficient (Wildman–Crippen LogP) is 4.06. The van der Waals surface area contributed by atoms with Crippen molar-refractivity contribution in [3.8, 4) is 0 Å². The molecule has 2 aromatic rings. The van der Waals surface area contributed by atoms with Gasteiger partial charge in [-0.1, -0.05) is 23.4 Å². The van der Waals surface area contributed by atoms with Crippen molar-refractivity contribution in [2.24, 2.45) is 0 Å². The summed E-state index contributed by atoms with van der Waals surface area (Å²) in [4.78, 5) is 16.8. The van der Waals surface area contributed by atoms with E-state index in [1.165, 1.54) is 23.5 Å². The highest BCUT2D eigenvalue weighted by Crippen LogP contribution is 2.34. The fourth-order valence-electron chi connectivity index (χ4n) is 1.32. The molecule has 1 N–H and O–H groups in total. The van der Waals surface area contributed by atoms with Crippen LogP contribution in [0, 0.1) is 0 Å². The molecule has 19 heavy (non-hydrogen) atoms. The smallest absolute Gasteiger partial charge is 0.313 e. The Morgan fingerprint density at radius 2 is 2.00 bits per heavy atom. The van der Waals surface area contributed by atoms with Gasteiger partial charge in [-0.3, -0.25) is 4.79 Å². The lowest BCUT2D eigenvalue weighted by atomic mass is 10.4. The molecule has 0 aliphatic rings. The molecule has 2 rings (SSSR count). The molecule has 1 heterocycles. The molecule has 0 atom stereocenters. The van der Waals surface area contributed by atoms with Gasteiger partial charge >= 0.3 is 5.97 Å². The molecular formula is C13H10ClNO2S2. The number of aliphatic carboxylic acids is 1. The van der Waals surface area contributed by atoms with Crippen molar-refractivity contribution in [2.45, 2.75) is 14.8 Å². The molecule has 98 valence electrons. The number of rotatable bonds is 5. The largest absolute Gasteiger partial charge is 0.481 e. The van der Waals surface area contributed by atoms with Gasteiger partial charge in [0.25, 0.3) is 0 Å². The lowest BCUT2D eigenvalue weighted by Crippen LogP contribution is -1.98. The van der Waals surface area contributed by atoms with Crippen LogP contribution in [-0.4, -0.2) is 21.8 Å². The van der Waals surface area contributed by atoms with Crippen LogP contribution in [0.2, 0.25) is 5.02 Å². The Morgan fingerprint density at radius 3 is 2.68 bits per heavy atom. The van der Waals surface area contributed by atoms with Gasteiger partial charge in [0.15, 0.2) is 0 Å². The zero-order chi connectivity index (χ0) is 13.7. The SMILES string of the molecule is O=C(O)CSc1cccnc1Sc1ccc(Cl)cc1. The van der Waals surface area contributed by atoms with E-state index in [0.717, 1.165) is 14.8 Å². The highest BCUT2D eigenvalue weighted by atomic mass is 35.5. The topological polar surface area (TPSA) is 50.2 Å². The first-order valence-corrected chi connectivity index (χ1v) is 7.56. The fourth-order valence-corrected chi connectivity index (χ4v) is 3.15. The van der Waals surface area contributed by atoms with E-state index in [2.05, 4.69) is 4.98 Å². The summed E-state index contributed by atoms with van der Waals surface area (Å²) in [5, 5.41) is 10.2. The van der Waals surface area contributed by atoms with E-state index in [-0.39, 0.29) is 5.75 Å². The third kappa shape index (κ3) is 4.45. The number of hydrogen-bond donors (Lipinski definition) is 1. The molecule has 0 spiro atoms. The van der Waals surface area contributed by atoms with Crippen LogP contribution in [0.5, 0.6) is 0 Å². The fraction of sp³-hybridized carbons (Fsp3) is 0.0769. The summed E-state index contributed by atoms with van der Waals surface area (Å²) in [7, 11) is 0. The van der Waals surface area contributed by atoms with E-state index in [4.69, 9.17) is 16.7 Å². The minimum absolute atomic E-state index is 0.0276. The van der Waals surface area contributed by atoms with E-state index in [1.807, 2.05) is 30.3 Å². The van der Waals surface area contributed by atoms with E-state index >= 15 is 0 Å². The van der Waals surface area contributed by atoms with E-state index in [0.29, 0.717) is 5.02 Å². The second-order valence-electron chi connectivity index (χ2n) is 3.55. The lowest BCUT2D eigenvalue weighted by Gasteiger charge is -2.06. The van der Waals surface area contributed by atoms with Crippen molar-refractivity contribution in [3.63, 3.8) is 0 Å². The molecule has 0 unspecified atom stereocenters. The Bertz CT molecular complexity index is 575. The summed E-state index contributed by atoms with van der Waals surface area (Å²) in [6.07, 6.45) is 1.70. The van der Waals surface area contributed by atoms with Gasteiger partial charge in [0.2, 0.25) is 0 Å². The molecule has 0 fully saturated rings. The van der Waals surface area contributed by atoms with Crippen molar-refractivity contribution in [2.75, 3.05) is 5.75 Å². The molecule has 3 nitrogen and oxygen atoms in total. The Kier molecular flexibility index (Phi) is 5.13. The first-order chi connectivity index (χ1) is 9.15. The molecule has 1 aromatic carbocycles. The van der Waals surface area contributed by atoms with Crippen LogP contribution in [0.25, 0.3) is 0 Å². The number of halogens is 1. The maximum Gasteiger partial charge on any atom is 0.313 e. The van der Waals surface area contributed by atoms with Gasteiger partial charge in [-0.2, -0.15) is 0 Å². The minimum atomic E-state index is -0.837. The van der Waals surface area contributed by atoms with E-state index in [9.17, 15) is 4.79 Å². The number of carbonyl (C=O) groups is 1. The van der Waals surface area contributed by atoms with Gasteiger partial charge in [0, 0.05) is 21.0 Å². The van der Waals surface area contributed by atoms with Crippen LogP contribution in [0.4, 0.5) is 0 Å². The number of carboxylic acids is 1. The number of carboxylic acid groups (broad SMARTS) is 1. The maximum atomic E-state index is 10.6. The number of pyridine rings is 1. The molecule has 0 radical (unpaired) electrons. The highest BCUT2D eigenvalue weighted by molar-refractivity contribution is 8.02. The highest BCUT2D eigenvalue weighted by Gasteiger charge is 2.08. The molecule has 0 saturated heterocycles. The quantitative estimate of drug-likeness (QED) is 0.844. The number of benzene rings is 1. The average molecular weight is 312 g/mol. The second-order valence-corrected chi connectivity index (χ2v) is 6.06. The summed E-state index contributed by atoms with van der Waals surface area (Å²) in [5.41, 5.74) is 0. The van der Waals surface area contributed by atoms with Gasteiger partial charge in [-0.05, 0) is 36.4 Å². The first kappa shape index (κ1) is 14.2. The number of nitrogens with zero attached hydrogens (tertiary/aromatic N) is 1.